The third kappa shape index (κ3) is 34.5. The second-order valence-electron chi connectivity index (χ2n) is 13.4. The van der Waals surface area contributed by atoms with Gasteiger partial charge < -0.3 is 19.5 Å². The fourth-order valence-corrected chi connectivity index (χ4v) is 5.61. The van der Waals surface area contributed by atoms with Crippen molar-refractivity contribution in [3.05, 3.63) is 0 Å². The van der Waals surface area contributed by atoms with E-state index in [1.807, 2.05) is 0 Å². The van der Waals surface area contributed by atoms with Gasteiger partial charge in [-0.1, -0.05) is 142 Å². The van der Waals surface area contributed by atoms with Gasteiger partial charge >= 0.3 is 18.0 Å². The number of ether oxygens (including phenoxy) is 3. The fraction of sp³-hybridized carbons (Fsp3) is 0.923. The molecular weight excluding hydrogens is 642 g/mol. The molecule has 0 saturated heterocycles. The summed E-state index contributed by atoms with van der Waals surface area (Å²) >= 11 is 0. The lowest BCUT2D eigenvalue weighted by Crippen LogP contribution is -2.38. The van der Waals surface area contributed by atoms with Crippen LogP contribution < -0.4 is 5.32 Å². The standard InChI is InChI=1S/C39H75NO10/c1-5-7-9-11-13-15-17-19-21-23-25-27-37(41)47-34-36(31-40-39(43)46-30-29-35(32-48-44-3)33-49-45-4)50-38(42)28-26-24-22-20-18-16-14-12-10-8-6-2/h35-36H,5-34H2,1-4H3,(H,40,43). The van der Waals surface area contributed by atoms with Gasteiger partial charge in [0.15, 0.2) is 6.10 Å². The van der Waals surface area contributed by atoms with Crippen molar-refractivity contribution in [1.82, 2.24) is 5.32 Å². The van der Waals surface area contributed by atoms with Crippen LogP contribution in [-0.2, 0) is 43.3 Å². The van der Waals surface area contributed by atoms with E-state index < -0.39 is 12.2 Å². The molecule has 0 heterocycles. The molecule has 0 radical (unpaired) electrons. The van der Waals surface area contributed by atoms with Crippen molar-refractivity contribution >= 4 is 18.0 Å². The van der Waals surface area contributed by atoms with Crippen molar-refractivity contribution in [3.63, 3.8) is 0 Å². The van der Waals surface area contributed by atoms with Gasteiger partial charge in [0.25, 0.3) is 0 Å². The van der Waals surface area contributed by atoms with Crippen LogP contribution in [0.5, 0.6) is 0 Å². The van der Waals surface area contributed by atoms with Gasteiger partial charge in [-0.25, -0.2) is 24.3 Å². The largest absolute Gasteiger partial charge is 0.462 e. The molecule has 0 aliphatic heterocycles. The van der Waals surface area contributed by atoms with Crippen LogP contribution in [0.15, 0.2) is 0 Å². The quantitative estimate of drug-likeness (QED) is 0.0217. The van der Waals surface area contributed by atoms with Crippen LogP contribution in [0.2, 0.25) is 0 Å². The van der Waals surface area contributed by atoms with Gasteiger partial charge in [0.05, 0.1) is 40.6 Å². The summed E-state index contributed by atoms with van der Waals surface area (Å²) < 4.78 is 16.4. The average molecular weight is 718 g/mol. The molecule has 0 aromatic rings. The zero-order valence-electron chi connectivity index (χ0n) is 32.5. The van der Waals surface area contributed by atoms with E-state index in [-0.39, 0.29) is 50.8 Å². The Hall–Kier alpha value is -1.95. The molecular formula is C39H75NO10. The molecule has 0 fully saturated rings. The molecule has 0 aliphatic carbocycles. The highest BCUT2D eigenvalue weighted by Gasteiger charge is 2.19. The van der Waals surface area contributed by atoms with Gasteiger partial charge in [-0.15, -0.1) is 0 Å². The highest BCUT2D eigenvalue weighted by atomic mass is 17.2. The number of carbonyl (C=O) groups excluding carboxylic acids is 3. The van der Waals surface area contributed by atoms with E-state index in [1.54, 1.807) is 0 Å². The number of unbranched alkanes of at least 4 members (excludes halogenated alkanes) is 20. The van der Waals surface area contributed by atoms with Crippen molar-refractivity contribution in [2.24, 2.45) is 5.92 Å². The topological polar surface area (TPSA) is 128 Å². The van der Waals surface area contributed by atoms with E-state index in [0.29, 0.717) is 19.3 Å². The third-order valence-corrected chi connectivity index (χ3v) is 8.77. The smallest absolute Gasteiger partial charge is 0.407 e. The highest BCUT2D eigenvalue weighted by Crippen LogP contribution is 2.14. The minimum atomic E-state index is -0.804. The molecule has 1 unspecified atom stereocenters. The Labute approximate surface area is 304 Å². The van der Waals surface area contributed by atoms with Crippen LogP contribution in [-0.4, -0.2) is 71.3 Å². The number of hydrogen-bond acceptors (Lipinski definition) is 10. The Bertz CT molecular complexity index is 761. The van der Waals surface area contributed by atoms with Crippen LogP contribution >= 0.6 is 0 Å². The van der Waals surface area contributed by atoms with Crippen LogP contribution in [0.25, 0.3) is 0 Å². The van der Waals surface area contributed by atoms with Crippen LogP contribution in [0.3, 0.4) is 0 Å². The number of nitrogens with one attached hydrogen (secondary N) is 1. The van der Waals surface area contributed by atoms with E-state index in [2.05, 4.69) is 28.9 Å². The van der Waals surface area contributed by atoms with Gasteiger partial charge in [0.2, 0.25) is 0 Å². The zero-order chi connectivity index (χ0) is 36.8. The molecule has 11 nitrogen and oxygen atoms in total. The lowest BCUT2D eigenvalue weighted by atomic mass is 10.1. The predicted molar refractivity (Wildman–Crippen MR) is 196 cm³/mol. The summed E-state index contributed by atoms with van der Waals surface area (Å²) in [6, 6.07) is 0. The molecule has 296 valence electrons. The van der Waals surface area contributed by atoms with E-state index >= 15 is 0 Å². The molecule has 50 heavy (non-hydrogen) atoms. The first-order chi connectivity index (χ1) is 24.5. The summed E-state index contributed by atoms with van der Waals surface area (Å²) in [5, 5.41) is 2.63. The number of carbonyl (C=O) groups is 3. The van der Waals surface area contributed by atoms with Crippen molar-refractivity contribution in [2.75, 3.05) is 47.2 Å². The Kier molecular flexibility index (Phi) is 36.8. The second-order valence-corrected chi connectivity index (χ2v) is 13.4. The molecule has 0 saturated carbocycles. The van der Waals surface area contributed by atoms with Crippen LogP contribution in [0.4, 0.5) is 4.79 Å². The maximum atomic E-state index is 12.7. The highest BCUT2D eigenvalue weighted by molar-refractivity contribution is 5.70. The molecule has 0 bridgehead atoms. The van der Waals surface area contributed by atoms with E-state index in [9.17, 15) is 14.4 Å². The molecule has 11 heteroatoms. The number of hydrogen-bond donors (Lipinski definition) is 1. The van der Waals surface area contributed by atoms with Crippen molar-refractivity contribution < 1.29 is 48.1 Å². The molecule has 0 rings (SSSR count). The van der Waals surface area contributed by atoms with E-state index in [1.165, 1.54) is 117 Å². The van der Waals surface area contributed by atoms with E-state index in [4.69, 9.17) is 24.0 Å². The summed E-state index contributed by atoms with van der Waals surface area (Å²) in [4.78, 5) is 56.7. The minimum absolute atomic E-state index is 0.0302. The number of alkyl carbamates (subject to hydrolysis) is 1. The summed E-state index contributed by atoms with van der Waals surface area (Å²) in [5.41, 5.74) is 0. The molecule has 0 aliphatic rings. The van der Waals surface area contributed by atoms with E-state index in [0.717, 1.165) is 38.5 Å². The lowest BCUT2D eigenvalue weighted by molar-refractivity contribution is -0.307. The maximum Gasteiger partial charge on any atom is 0.407 e. The van der Waals surface area contributed by atoms with Gasteiger partial charge in [-0.2, -0.15) is 0 Å². The number of esters is 2. The van der Waals surface area contributed by atoms with Crippen LogP contribution in [0.1, 0.15) is 174 Å². The Morgan fingerprint density at radius 3 is 1.38 bits per heavy atom. The minimum Gasteiger partial charge on any atom is -0.462 e. The van der Waals surface area contributed by atoms with Gasteiger partial charge in [0, 0.05) is 18.8 Å². The summed E-state index contributed by atoms with van der Waals surface area (Å²) in [6.45, 7) is 4.92. The average Bonchev–Trinajstić information content (AvgIpc) is 3.11. The second kappa shape index (κ2) is 38.3. The van der Waals surface area contributed by atoms with Crippen molar-refractivity contribution in [3.8, 4) is 0 Å². The maximum absolute atomic E-state index is 12.7. The number of rotatable bonds is 38. The molecule has 0 spiro atoms. The predicted octanol–water partition coefficient (Wildman–Crippen LogP) is 9.73. The van der Waals surface area contributed by atoms with Gasteiger partial charge in [-0.3, -0.25) is 9.59 Å². The Morgan fingerprint density at radius 2 is 0.940 bits per heavy atom. The first-order valence-electron chi connectivity index (χ1n) is 20.0. The monoisotopic (exact) mass is 718 g/mol. The number of amides is 1. The van der Waals surface area contributed by atoms with Crippen molar-refractivity contribution in [1.29, 1.82) is 0 Å². The fourth-order valence-electron chi connectivity index (χ4n) is 5.61. The molecule has 1 N–H and O–H groups in total. The van der Waals surface area contributed by atoms with Gasteiger partial charge in [0.1, 0.15) is 6.61 Å². The summed E-state index contributed by atoms with van der Waals surface area (Å²) in [5.74, 6) is -0.800. The molecule has 0 aromatic carbocycles. The Balaban J connectivity index is 4.52. The zero-order valence-corrected chi connectivity index (χ0v) is 32.5. The molecule has 1 amide bonds. The van der Waals surface area contributed by atoms with Gasteiger partial charge in [-0.05, 0) is 19.3 Å². The lowest BCUT2D eigenvalue weighted by Gasteiger charge is -2.19. The van der Waals surface area contributed by atoms with Crippen molar-refractivity contribution in [2.45, 2.75) is 180 Å². The molecule has 1 atom stereocenters. The first kappa shape index (κ1) is 48.0. The third-order valence-electron chi connectivity index (χ3n) is 8.77. The molecule has 0 aromatic heterocycles. The summed E-state index contributed by atoms with van der Waals surface area (Å²) in [7, 11) is 2.82. The normalized spacial score (nSPS) is 11.9. The Morgan fingerprint density at radius 1 is 0.520 bits per heavy atom. The SMILES string of the molecule is CCCCCCCCCCCCCC(=O)OCC(CNC(=O)OCCC(COOC)COOC)OC(=O)CCCCCCCCCCCCC. The van der Waals surface area contributed by atoms with Crippen LogP contribution in [0, 0.1) is 5.92 Å². The summed E-state index contributed by atoms with van der Waals surface area (Å²) in [6.07, 6.45) is 26.0. The first-order valence-corrected chi connectivity index (χ1v) is 20.0.